The number of hydrogen-bond acceptors (Lipinski definition) is 4. The van der Waals surface area contributed by atoms with Crippen molar-refractivity contribution >= 4 is 11.6 Å². The second-order valence-corrected chi connectivity index (χ2v) is 4.58. The van der Waals surface area contributed by atoms with Crippen LogP contribution < -0.4 is 10.1 Å². The van der Waals surface area contributed by atoms with Crippen molar-refractivity contribution < 1.29 is 13.9 Å². The van der Waals surface area contributed by atoms with Gasteiger partial charge in [0.1, 0.15) is 5.75 Å². The van der Waals surface area contributed by atoms with Crippen molar-refractivity contribution in [3.8, 4) is 17.1 Å². The highest BCUT2D eigenvalue weighted by molar-refractivity contribution is 6.06. The van der Waals surface area contributed by atoms with Gasteiger partial charge in [0.2, 0.25) is 0 Å². The van der Waals surface area contributed by atoms with Crippen LogP contribution in [0.3, 0.4) is 0 Å². The van der Waals surface area contributed by atoms with Crippen molar-refractivity contribution in [2.24, 2.45) is 0 Å². The number of oxazole rings is 1. The first-order chi connectivity index (χ1) is 10.8. The summed E-state index contributed by atoms with van der Waals surface area (Å²) in [7, 11) is 1.59. The Hall–Kier alpha value is -3.08. The molecule has 0 radical (unpaired) electrons. The van der Waals surface area contributed by atoms with Gasteiger partial charge in [0.15, 0.2) is 17.8 Å². The summed E-state index contributed by atoms with van der Waals surface area (Å²) in [5.41, 5.74) is 1.72. The number of rotatable bonds is 4. The molecule has 1 aromatic heterocycles. The molecule has 0 saturated carbocycles. The molecule has 3 aromatic rings. The largest absolute Gasteiger partial charge is 0.497 e. The van der Waals surface area contributed by atoms with Gasteiger partial charge in [0.25, 0.3) is 5.91 Å². The van der Waals surface area contributed by atoms with Crippen molar-refractivity contribution in [2.45, 2.75) is 0 Å². The first-order valence-corrected chi connectivity index (χ1v) is 6.72. The molecule has 0 aliphatic rings. The fourth-order valence-electron chi connectivity index (χ4n) is 2.07. The SMILES string of the molecule is COc1ccc(NC(=O)c2ncoc2-c2ccccc2)cc1. The molecule has 1 heterocycles. The molecular formula is C17H14N2O3. The Balaban J connectivity index is 1.82. The van der Waals surface area contributed by atoms with Gasteiger partial charge in [0.05, 0.1) is 7.11 Å². The van der Waals surface area contributed by atoms with Crippen molar-refractivity contribution in [1.29, 1.82) is 0 Å². The number of aromatic nitrogens is 1. The smallest absolute Gasteiger partial charge is 0.278 e. The molecule has 0 saturated heterocycles. The van der Waals surface area contributed by atoms with E-state index in [-0.39, 0.29) is 11.6 Å². The van der Waals surface area contributed by atoms with Crippen LogP contribution in [0.5, 0.6) is 5.75 Å². The molecule has 5 nitrogen and oxygen atoms in total. The summed E-state index contributed by atoms with van der Waals surface area (Å²) in [5.74, 6) is 0.855. The maximum absolute atomic E-state index is 12.4. The predicted octanol–water partition coefficient (Wildman–Crippen LogP) is 3.60. The number of carbonyl (C=O) groups is 1. The van der Waals surface area contributed by atoms with Crippen LogP contribution >= 0.6 is 0 Å². The van der Waals surface area contributed by atoms with Gasteiger partial charge in [-0.3, -0.25) is 4.79 Å². The van der Waals surface area contributed by atoms with Crippen LogP contribution in [-0.4, -0.2) is 18.0 Å². The van der Waals surface area contributed by atoms with E-state index in [0.717, 1.165) is 11.3 Å². The first-order valence-electron chi connectivity index (χ1n) is 6.72. The number of nitrogens with zero attached hydrogens (tertiary/aromatic N) is 1. The highest BCUT2D eigenvalue weighted by Crippen LogP contribution is 2.24. The van der Waals surface area contributed by atoms with Gasteiger partial charge in [-0.05, 0) is 24.3 Å². The molecule has 22 heavy (non-hydrogen) atoms. The number of amides is 1. The maximum atomic E-state index is 12.4. The van der Waals surface area contributed by atoms with E-state index in [1.165, 1.54) is 6.39 Å². The monoisotopic (exact) mass is 294 g/mol. The number of methoxy groups -OCH3 is 1. The van der Waals surface area contributed by atoms with E-state index in [2.05, 4.69) is 10.3 Å². The number of benzene rings is 2. The lowest BCUT2D eigenvalue weighted by Gasteiger charge is -2.05. The maximum Gasteiger partial charge on any atom is 0.278 e. The van der Waals surface area contributed by atoms with Gasteiger partial charge >= 0.3 is 0 Å². The molecule has 0 aliphatic heterocycles. The van der Waals surface area contributed by atoms with Crippen molar-refractivity contribution in [1.82, 2.24) is 4.98 Å². The standard InChI is InChI=1S/C17H14N2O3/c1-21-14-9-7-13(8-10-14)19-17(20)15-16(22-11-18-15)12-5-3-2-4-6-12/h2-11H,1H3,(H,19,20). The lowest BCUT2D eigenvalue weighted by molar-refractivity contribution is 0.102. The van der Waals surface area contributed by atoms with Crippen LogP contribution in [0.2, 0.25) is 0 Å². The lowest BCUT2D eigenvalue weighted by Crippen LogP contribution is -2.13. The zero-order valence-electron chi connectivity index (χ0n) is 11.9. The highest BCUT2D eigenvalue weighted by atomic mass is 16.5. The molecule has 1 N–H and O–H groups in total. The summed E-state index contributed by atoms with van der Waals surface area (Å²) < 4.78 is 10.4. The number of hydrogen-bond donors (Lipinski definition) is 1. The van der Waals surface area contributed by atoms with Crippen molar-refractivity contribution in [3.63, 3.8) is 0 Å². The molecule has 110 valence electrons. The van der Waals surface area contributed by atoms with Gasteiger partial charge in [-0.25, -0.2) is 4.98 Å². The summed E-state index contributed by atoms with van der Waals surface area (Å²) in [6.07, 6.45) is 1.27. The van der Waals surface area contributed by atoms with E-state index in [1.807, 2.05) is 30.3 Å². The topological polar surface area (TPSA) is 64.4 Å². The third kappa shape index (κ3) is 2.83. The minimum atomic E-state index is -0.322. The summed E-state index contributed by atoms with van der Waals surface area (Å²) in [6.45, 7) is 0. The quantitative estimate of drug-likeness (QED) is 0.798. The molecule has 0 fully saturated rings. The van der Waals surface area contributed by atoms with E-state index in [1.54, 1.807) is 31.4 Å². The Kier molecular flexibility index (Phi) is 3.87. The second kappa shape index (κ2) is 6.13. The summed E-state index contributed by atoms with van der Waals surface area (Å²) in [4.78, 5) is 16.4. The van der Waals surface area contributed by atoms with E-state index in [9.17, 15) is 4.79 Å². The average molecular weight is 294 g/mol. The van der Waals surface area contributed by atoms with Crippen LogP contribution in [0.1, 0.15) is 10.5 Å². The van der Waals surface area contributed by atoms with Crippen LogP contribution in [0.4, 0.5) is 5.69 Å². The predicted molar refractivity (Wildman–Crippen MR) is 82.9 cm³/mol. The molecule has 0 unspecified atom stereocenters. The molecule has 3 rings (SSSR count). The van der Waals surface area contributed by atoms with Crippen molar-refractivity contribution in [2.75, 3.05) is 12.4 Å². The normalized spacial score (nSPS) is 10.2. The Labute approximate surface area is 127 Å². The Morgan fingerprint density at radius 3 is 2.50 bits per heavy atom. The fourth-order valence-corrected chi connectivity index (χ4v) is 2.07. The Bertz CT molecular complexity index is 764. The molecule has 0 aliphatic carbocycles. The van der Waals surface area contributed by atoms with Gasteiger partial charge in [-0.1, -0.05) is 30.3 Å². The molecule has 0 spiro atoms. The van der Waals surface area contributed by atoms with E-state index in [0.29, 0.717) is 11.4 Å². The van der Waals surface area contributed by atoms with E-state index in [4.69, 9.17) is 9.15 Å². The molecule has 1 amide bonds. The minimum Gasteiger partial charge on any atom is -0.497 e. The minimum absolute atomic E-state index is 0.252. The molecule has 0 atom stereocenters. The average Bonchev–Trinajstić information content (AvgIpc) is 3.06. The number of ether oxygens (including phenoxy) is 1. The van der Waals surface area contributed by atoms with E-state index >= 15 is 0 Å². The number of carbonyl (C=O) groups excluding carboxylic acids is 1. The molecule has 2 aromatic carbocycles. The first kappa shape index (κ1) is 13.9. The lowest BCUT2D eigenvalue weighted by atomic mass is 10.1. The summed E-state index contributed by atoms with van der Waals surface area (Å²) >= 11 is 0. The third-order valence-electron chi connectivity index (χ3n) is 3.17. The molecule has 0 bridgehead atoms. The van der Waals surface area contributed by atoms with E-state index < -0.39 is 0 Å². The van der Waals surface area contributed by atoms with Gasteiger partial charge < -0.3 is 14.5 Å². The second-order valence-electron chi connectivity index (χ2n) is 4.58. The third-order valence-corrected chi connectivity index (χ3v) is 3.17. The van der Waals surface area contributed by atoms with Gasteiger partial charge in [-0.2, -0.15) is 0 Å². The summed E-state index contributed by atoms with van der Waals surface area (Å²) in [5, 5.41) is 2.79. The highest BCUT2D eigenvalue weighted by Gasteiger charge is 2.18. The Morgan fingerprint density at radius 1 is 1.09 bits per heavy atom. The van der Waals surface area contributed by atoms with Crippen molar-refractivity contribution in [3.05, 3.63) is 66.7 Å². The number of nitrogens with one attached hydrogen (secondary N) is 1. The molecule has 5 heteroatoms. The van der Waals surface area contributed by atoms with Gasteiger partial charge in [-0.15, -0.1) is 0 Å². The fraction of sp³-hybridized carbons (Fsp3) is 0.0588. The zero-order valence-corrected chi connectivity index (χ0v) is 11.9. The number of anilines is 1. The van der Waals surface area contributed by atoms with Crippen LogP contribution in [0.15, 0.2) is 65.4 Å². The zero-order chi connectivity index (χ0) is 15.4. The molecular weight excluding hydrogens is 280 g/mol. The van der Waals surface area contributed by atoms with Crippen LogP contribution in [0.25, 0.3) is 11.3 Å². The van der Waals surface area contributed by atoms with Gasteiger partial charge in [0, 0.05) is 11.3 Å². The summed E-state index contributed by atoms with van der Waals surface area (Å²) in [6, 6.07) is 16.5. The van der Waals surface area contributed by atoms with Crippen LogP contribution in [-0.2, 0) is 0 Å². The van der Waals surface area contributed by atoms with Crippen LogP contribution in [0, 0.1) is 0 Å². The Morgan fingerprint density at radius 2 is 1.82 bits per heavy atom.